The van der Waals surface area contributed by atoms with Crippen molar-refractivity contribution in [2.45, 2.75) is 13.8 Å². The van der Waals surface area contributed by atoms with Crippen LogP contribution in [0.15, 0.2) is 48.5 Å². The maximum atomic E-state index is 12.1. The van der Waals surface area contributed by atoms with Gasteiger partial charge in [-0.05, 0) is 49.2 Å². The summed E-state index contributed by atoms with van der Waals surface area (Å²) in [5.74, 6) is 0.633. The minimum absolute atomic E-state index is 0.0352. The van der Waals surface area contributed by atoms with Crippen LogP contribution in [-0.2, 0) is 4.79 Å². The molecule has 104 valence electrons. The summed E-state index contributed by atoms with van der Waals surface area (Å²) in [6.45, 7) is 4.08. The Kier molecular flexibility index (Phi) is 4.41. The Hall–Kier alpha value is -2.29. The van der Waals surface area contributed by atoms with Gasteiger partial charge in [0.15, 0.2) is 6.61 Å². The first-order valence-electron chi connectivity index (χ1n) is 6.59. The van der Waals surface area contributed by atoms with Gasteiger partial charge in [-0.15, -0.1) is 0 Å². The number of aryl methyl sites for hydroxylation is 2. The van der Waals surface area contributed by atoms with E-state index in [4.69, 9.17) is 4.74 Å². The second kappa shape index (κ2) is 6.24. The minimum atomic E-state index is -0.0705. The van der Waals surface area contributed by atoms with Gasteiger partial charge < -0.3 is 9.64 Å². The van der Waals surface area contributed by atoms with Crippen LogP contribution in [0.2, 0.25) is 0 Å². The SMILES string of the molecule is Cc1cc(C)cc(N(C)C(=O)COc2ccccc2)c1. The second-order valence-corrected chi connectivity index (χ2v) is 4.90. The van der Waals surface area contributed by atoms with Gasteiger partial charge in [0.2, 0.25) is 0 Å². The van der Waals surface area contributed by atoms with Gasteiger partial charge in [0.1, 0.15) is 5.75 Å². The Bertz CT molecular complexity index is 573. The maximum absolute atomic E-state index is 12.1. The molecule has 0 saturated carbocycles. The smallest absolute Gasteiger partial charge is 0.264 e. The average Bonchev–Trinajstić information content (AvgIpc) is 2.44. The number of likely N-dealkylation sites (N-methyl/N-ethyl adjacent to an activating group) is 1. The predicted molar refractivity (Wildman–Crippen MR) is 81.3 cm³/mol. The van der Waals surface area contributed by atoms with Crippen LogP contribution >= 0.6 is 0 Å². The summed E-state index contributed by atoms with van der Waals surface area (Å²) in [5.41, 5.74) is 3.18. The van der Waals surface area contributed by atoms with Crippen LogP contribution < -0.4 is 9.64 Å². The number of carbonyl (C=O) groups is 1. The highest BCUT2D eigenvalue weighted by Crippen LogP contribution is 2.18. The van der Waals surface area contributed by atoms with Crippen molar-refractivity contribution in [2.24, 2.45) is 0 Å². The number of amides is 1. The molecule has 0 aromatic heterocycles. The van der Waals surface area contributed by atoms with Crippen LogP contribution in [0.3, 0.4) is 0 Å². The van der Waals surface area contributed by atoms with E-state index in [9.17, 15) is 4.79 Å². The van der Waals surface area contributed by atoms with E-state index in [1.807, 2.05) is 56.3 Å². The summed E-state index contributed by atoms with van der Waals surface area (Å²) in [6.07, 6.45) is 0. The molecule has 0 bridgehead atoms. The molecule has 0 aliphatic rings. The quantitative estimate of drug-likeness (QED) is 0.852. The first-order valence-corrected chi connectivity index (χ1v) is 6.59. The van der Waals surface area contributed by atoms with Gasteiger partial charge in [-0.2, -0.15) is 0 Å². The van der Waals surface area contributed by atoms with Crippen LogP contribution in [0.4, 0.5) is 5.69 Å². The third-order valence-corrected chi connectivity index (χ3v) is 3.07. The van der Waals surface area contributed by atoms with Crippen LogP contribution in [-0.4, -0.2) is 19.6 Å². The van der Waals surface area contributed by atoms with E-state index in [0.29, 0.717) is 5.75 Å². The Labute approximate surface area is 119 Å². The molecule has 2 aromatic rings. The Morgan fingerprint density at radius 1 is 1.05 bits per heavy atom. The largest absolute Gasteiger partial charge is 0.484 e. The van der Waals surface area contributed by atoms with E-state index in [1.165, 1.54) is 0 Å². The highest BCUT2D eigenvalue weighted by Gasteiger charge is 2.12. The van der Waals surface area contributed by atoms with E-state index in [0.717, 1.165) is 16.8 Å². The van der Waals surface area contributed by atoms with E-state index >= 15 is 0 Å². The zero-order valence-corrected chi connectivity index (χ0v) is 12.1. The van der Waals surface area contributed by atoms with Crippen molar-refractivity contribution >= 4 is 11.6 Å². The third-order valence-electron chi connectivity index (χ3n) is 3.07. The summed E-state index contributed by atoms with van der Waals surface area (Å²) in [5, 5.41) is 0. The molecule has 0 aliphatic carbocycles. The zero-order chi connectivity index (χ0) is 14.5. The molecule has 0 spiro atoms. The fourth-order valence-corrected chi connectivity index (χ4v) is 2.05. The molecule has 0 N–H and O–H groups in total. The van der Waals surface area contributed by atoms with E-state index in [2.05, 4.69) is 6.07 Å². The molecular formula is C17H19NO2. The highest BCUT2D eigenvalue weighted by molar-refractivity contribution is 5.94. The highest BCUT2D eigenvalue weighted by atomic mass is 16.5. The molecule has 0 unspecified atom stereocenters. The normalized spacial score (nSPS) is 10.2. The fourth-order valence-electron chi connectivity index (χ4n) is 2.05. The first kappa shape index (κ1) is 14.1. The number of carbonyl (C=O) groups excluding carboxylic acids is 1. The Balaban J connectivity index is 2.01. The maximum Gasteiger partial charge on any atom is 0.264 e. The summed E-state index contributed by atoms with van der Waals surface area (Å²) >= 11 is 0. The van der Waals surface area contributed by atoms with Crippen molar-refractivity contribution in [3.63, 3.8) is 0 Å². The summed E-state index contributed by atoms with van der Waals surface area (Å²) in [7, 11) is 1.77. The lowest BCUT2D eigenvalue weighted by Crippen LogP contribution is -2.31. The number of benzene rings is 2. The lowest BCUT2D eigenvalue weighted by Gasteiger charge is -2.18. The summed E-state index contributed by atoms with van der Waals surface area (Å²) in [6, 6.07) is 15.4. The van der Waals surface area contributed by atoms with Gasteiger partial charge in [-0.3, -0.25) is 4.79 Å². The monoisotopic (exact) mass is 269 g/mol. The number of rotatable bonds is 4. The molecule has 0 heterocycles. The van der Waals surface area contributed by atoms with Gasteiger partial charge in [-0.1, -0.05) is 24.3 Å². The standard InChI is InChI=1S/C17H19NO2/c1-13-9-14(2)11-15(10-13)18(3)17(19)12-20-16-7-5-4-6-8-16/h4-11H,12H2,1-3H3. The van der Waals surface area contributed by atoms with Gasteiger partial charge in [-0.25, -0.2) is 0 Å². The lowest BCUT2D eigenvalue weighted by atomic mass is 10.1. The van der Waals surface area contributed by atoms with Gasteiger partial charge in [0.25, 0.3) is 5.91 Å². The Morgan fingerprint density at radius 2 is 1.65 bits per heavy atom. The number of anilines is 1. The molecule has 2 rings (SSSR count). The molecule has 3 nitrogen and oxygen atoms in total. The van der Waals surface area contributed by atoms with E-state index < -0.39 is 0 Å². The average molecular weight is 269 g/mol. The molecule has 0 aliphatic heterocycles. The lowest BCUT2D eigenvalue weighted by molar-refractivity contribution is -0.120. The van der Waals surface area contributed by atoms with Crippen molar-refractivity contribution in [1.29, 1.82) is 0 Å². The predicted octanol–water partition coefficient (Wildman–Crippen LogP) is 3.35. The van der Waals surface area contributed by atoms with Crippen LogP contribution in [0, 0.1) is 13.8 Å². The molecule has 0 fully saturated rings. The van der Waals surface area contributed by atoms with Crippen molar-refractivity contribution < 1.29 is 9.53 Å². The zero-order valence-electron chi connectivity index (χ0n) is 12.1. The summed E-state index contributed by atoms with van der Waals surface area (Å²) in [4.78, 5) is 13.8. The van der Waals surface area contributed by atoms with E-state index in [-0.39, 0.29) is 12.5 Å². The molecule has 1 amide bonds. The Morgan fingerprint density at radius 3 is 2.25 bits per heavy atom. The van der Waals surface area contributed by atoms with E-state index in [1.54, 1.807) is 11.9 Å². The topological polar surface area (TPSA) is 29.5 Å². The molecule has 0 saturated heterocycles. The molecule has 0 radical (unpaired) electrons. The summed E-state index contributed by atoms with van der Waals surface area (Å²) < 4.78 is 5.48. The number of ether oxygens (including phenoxy) is 1. The van der Waals surface area contributed by atoms with Crippen molar-refractivity contribution in [3.8, 4) is 5.75 Å². The molecular weight excluding hydrogens is 250 g/mol. The molecule has 2 aromatic carbocycles. The number of para-hydroxylation sites is 1. The third kappa shape index (κ3) is 3.60. The molecule has 3 heteroatoms. The van der Waals surface area contributed by atoms with Crippen molar-refractivity contribution in [3.05, 3.63) is 59.7 Å². The molecule has 0 atom stereocenters. The van der Waals surface area contributed by atoms with Gasteiger partial charge >= 0.3 is 0 Å². The fraction of sp³-hybridized carbons (Fsp3) is 0.235. The second-order valence-electron chi connectivity index (χ2n) is 4.90. The molecule has 20 heavy (non-hydrogen) atoms. The minimum Gasteiger partial charge on any atom is -0.484 e. The number of nitrogens with zero attached hydrogens (tertiary/aromatic N) is 1. The van der Waals surface area contributed by atoms with Crippen molar-refractivity contribution in [2.75, 3.05) is 18.6 Å². The first-order chi connectivity index (χ1) is 9.56. The van der Waals surface area contributed by atoms with Gasteiger partial charge in [0.05, 0.1) is 0 Å². The number of hydrogen-bond acceptors (Lipinski definition) is 2. The van der Waals surface area contributed by atoms with Crippen molar-refractivity contribution in [1.82, 2.24) is 0 Å². The van der Waals surface area contributed by atoms with Crippen LogP contribution in [0.25, 0.3) is 0 Å². The van der Waals surface area contributed by atoms with Crippen LogP contribution in [0.1, 0.15) is 11.1 Å². The van der Waals surface area contributed by atoms with Crippen LogP contribution in [0.5, 0.6) is 5.75 Å². The van der Waals surface area contributed by atoms with Gasteiger partial charge in [0, 0.05) is 12.7 Å². The number of hydrogen-bond donors (Lipinski definition) is 0.